The number of rotatable bonds is 6. The van der Waals surface area contributed by atoms with Crippen LogP contribution in [0, 0.1) is 0 Å². The molecule has 1 aromatic carbocycles. The van der Waals surface area contributed by atoms with Crippen molar-refractivity contribution >= 4 is 23.6 Å². The van der Waals surface area contributed by atoms with Gasteiger partial charge >= 0.3 is 12.0 Å². The Balaban J connectivity index is 1.78. The van der Waals surface area contributed by atoms with Crippen LogP contribution >= 0.6 is 0 Å². The smallest absolute Gasteiger partial charge is 0.315 e. The Bertz CT molecular complexity index is 649. The summed E-state index contributed by atoms with van der Waals surface area (Å²) in [6, 6.07) is 6.52. The zero-order valence-corrected chi connectivity index (χ0v) is 15.3. The number of carboxylic acid groups (broad SMARTS) is 1. The lowest BCUT2D eigenvalue weighted by atomic mass is 9.85. The van der Waals surface area contributed by atoms with Crippen LogP contribution in [0.4, 0.5) is 10.5 Å². The molecule has 1 saturated carbocycles. The molecule has 0 saturated heterocycles. The highest BCUT2D eigenvalue weighted by Gasteiger charge is 2.29. The molecule has 0 bridgehead atoms. The lowest BCUT2D eigenvalue weighted by molar-refractivity contribution is -0.142. The number of hydrogen-bond acceptors (Lipinski definition) is 3. The first-order valence-corrected chi connectivity index (χ1v) is 8.97. The number of nitrogens with one attached hydrogen (secondary N) is 3. The molecule has 0 spiro atoms. The summed E-state index contributed by atoms with van der Waals surface area (Å²) in [5, 5.41) is 17.4. The first kappa shape index (κ1) is 19.8. The third kappa shape index (κ3) is 5.47. The van der Waals surface area contributed by atoms with Gasteiger partial charge in [-0.25, -0.2) is 4.79 Å². The molecule has 7 heteroatoms. The van der Waals surface area contributed by atoms with Crippen LogP contribution in [0.25, 0.3) is 0 Å². The second kappa shape index (κ2) is 8.69. The number of carboxylic acids is 1. The van der Waals surface area contributed by atoms with Crippen molar-refractivity contribution in [3.63, 3.8) is 0 Å². The van der Waals surface area contributed by atoms with Crippen molar-refractivity contribution in [2.75, 3.05) is 11.9 Å². The molecule has 26 heavy (non-hydrogen) atoms. The van der Waals surface area contributed by atoms with Gasteiger partial charge in [-0.15, -0.1) is 0 Å². The first-order valence-electron chi connectivity index (χ1n) is 8.97. The SMILES string of the molecule is CC(C)(C(=O)O)c1ccc(NC(=O)CNC(=O)NC2CCCCC2)cc1. The maximum Gasteiger partial charge on any atom is 0.315 e. The Morgan fingerprint density at radius 3 is 2.27 bits per heavy atom. The molecule has 3 amide bonds. The second-order valence-corrected chi connectivity index (χ2v) is 7.22. The largest absolute Gasteiger partial charge is 0.481 e. The fourth-order valence-corrected chi connectivity index (χ4v) is 2.94. The summed E-state index contributed by atoms with van der Waals surface area (Å²) >= 11 is 0. The lowest BCUT2D eigenvalue weighted by Crippen LogP contribution is -2.45. The van der Waals surface area contributed by atoms with Gasteiger partial charge in [0.1, 0.15) is 0 Å². The van der Waals surface area contributed by atoms with Gasteiger partial charge < -0.3 is 21.1 Å². The molecule has 2 rings (SSSR count). The van der Waals surface area contributed by atoms with Crippen molar-refractivity contribution in [3.8, 4) is 0 Å². The number of carbonyl (C=O) groups excluding carboxylic acids is 2. The minimum atomic E-state index is -0.999. The van der Waals surface area contributed by atoms with E-state index in [-0.39, 0.29) is 24.5 Å². The predicted octanol–water partition coefficient (Wildman–Crippen LogP) is 2.62. The third-order valence-electron chi connectivity index (χ3n) is 4.77. The molecule has 0 heterocycles. The van der Waals surface area contributed by atoms with E-state index in [0.29, 0.717) is 11.3 Å². The summed E-state index contributed by atoms with van der Waals surface area (Å²) in [5.74, 6) is -1.25. The van der Waals surface area contributed by atoms with Gasteiger partial charge in [0.2, 0.25) is 5.91 Å². The zero-order valence-electron chi connectivity index (χ0n) is 15.3. The van der Waals surface area contributed by atoms with E-state index in [0.717, 1.165) is 25.7 Å². The van der Waals surface area contributed by atoms with Gasteiger partial charge in [0.05, 0.1) is 12.0 Å². The second-order valence-electron chi connectivity index (χ2n) is 7.22. The molecule has 0 aliphatic heterocycles. The average Bonchev–Trinajstić information content (AvgIpc) is 2.61. The highest BCUT2D eigenvalue weighted by Crippen LogP contribution is 2.24. The molecule has 0 aromatic heterocycles. The van der Waals surface area contributed by atoms with Gasteiger partial charge in [0, 0.05) is 11.7 Å². The number of benzene rings is 1. The van der Waals surface area contributed by atoms with Crippen molar-refractivity contribution in [1.82, 2.24) is 10.6 Å². The van der Waals surface area contributed by atoms with E-state index in [4.69, 9.17) is 0 Å². The molecular formula is C19H27N3O4. The van der Waals surface area contributed by atoms with Gasteiger partial charge in [-0.2, -0.15) is 0 Å². The number of carbonyl (C=O) groups is 3. The molecule has 1 aromatic rings. The van der Waals surface area contributed by atoms with Gasteiger partial charge in [0.15, 0.2) is 0 Å². The van der Waals surface area contributed by atoms with Gasteiger partial charge in [-0.05, 0) is 44.4 Å². The average molecular weight is 361 g/mol. The fraction of sp³-hybridized carbons (Fsp3) is 0.526. The molecule has 1 aliphatic carbocycles. The standard InChI is InChI=1S/C19H27N3O4/c1-19(2,17(24)25)13-8-10-15(11-9-13)21-16(23)12-20-18(26)22-14-6-4-3-5-7-14/h8-11,14H,3-7,12H2,1-2H3,(H,21,23)(H,24,25)(H2,20,22,26). The van der Waals surface area contributed by atoms with Crippen LogP contribution in [0.2, 0.25) is 0 Å². The van der Waals surface area contributed by atoms with Crippen LogP contribution in [0.5, 0.6) is 0 Å². The van der Waals surface area contributed by atoms with Crippen LogP contribution < -0.4 is 16.0 Å². The Labute approximate surface area is 153 Å². The Morgan fingerprint density at radius 2 is 1.69 bits per heavy atom. The lowest BCUT2D eigenvalue weighted by Gasteiger charge is -2.22. The number of amides is 3. The van der Waals surface area contributed by atoms with Gasteiger partial charge in [0.25, 0.3) is 0 Å². The van der Waals surface area contributed by atoms with Gasteiger partial charge in [-0.3, -0.25) is 9.59 Å². The molecule has 0 radical (unpaired) electrons. The van der Waals surface area contributed by atoms with Crippen molar-refractivity contribution in [2.24, 2.45) is 0 Å². The fourth-order valence-electron chi connectivity index (χ4n) is 2.94. The van der Waals surface area contributed by atoms with E-state index < -0.39 is 11.4 Å². The monoisotopic (exact) mass is 361 g/mol. The minimum absolute atomic E-state index is 0.124. The van der Waals surface area contributed by atoms with Crippen molar-refractivity contribution in [1.29, 1.82) is 0 Å². The molecule has 4 N–H and O–H groups in total. The molecular weight excluding hydrogens is 334 g/mol. The van der Waals surface area contributed by atoms with Crippen molar-refractivity contribution < 1.29 is 19.5 Å². The summed E-state index contributed by atoms with van der Waals surface area (Å²) in [4.78, 5) is 35.0. The molecule has 0 unspecified atom stereocenters. The molecule has 0 atom stereocenters. The zero-order chi connectivity index (χ0) is 19.2. The highest BCUT2D eigenvalue weighted by atomic mass is 16.4. The Hall–Kier alpha value is -2.57. The van der Waals surface area contributed by atoms with Crippen LogP contribution in [0.3, 0.4) is 0 Å². The van der Waals surface area contributed by atoms with E-state index >= 15 is 0 Å². The van der Waals surface area contributed by atoms with Crippen molar-refractivity contribution in [3.05, 3.63) is 29.8 Å². The van der Waals surface area contributed by atoms with Crippen LogP contribution in [-0.2, 0) is 15.0 Å². The molecule has 142 valence electrons. The number of hydrogen-bond donors (Lipinski definition) is 4. The first-order chi connectivity index (χ1) is 12.3. The van der Waals surface area contributed by atoms with Gasteiger partial charge in [-0.1, -0.05) is 31.4 Å². The van der Waals surface area contributed by atoms with E-state index in [2.05, 4.69) is 16.0 Å². The maximum absolute atomic E-state index is 12.0. The third-order valence-corrected chi connectivity index (χ3v) is 4.77. The summed E-state index contributed by atoms with van der Waals surface area (Å²) < 4.78 is 0. The van der Waals surface area contributed by atoms with Crippen LogP contribution in [0.15, 0.2) is 24.3 Å². The Kier molecular flexibility index (Phi) is 6.60. The topological polar surface area (TPSA) is 108 Å². The summed E-state index contributed by atoms with van der Waals surface area (Å²) in [6.45, 7) is 3.12. The van der Waals surface area contributed by atoms with E-state index in [9.17, 15) is 19.5 Å². The Morgan fingerprint density at radius 1 is 1.08 bits per heavy atom. The minimum Gasteiger partial charge on any atom is -0.481 e. The number of aliphatic carboxylic acids is 1. The van der Waals surface area contributed by atoms with Crippen LogP contribution in [0.1, 0.15) is 51.5 Å². The maximum atomic E-state index is 12.0. The van der Waals surface area contributed by atoms with E-state index in [1.807, 2.05) is 0 Å². The predicted molar refractivity (Wildman–Crippen MR) is 99.1 cm³/mol. The van der Waals surface area contributed by atoms with Crippen LogP contribution in [-0.4, -0.2) is 35.6 Å². The number of urea groups is 1. The number of anilines is 1. The summed E-state index contributed by atoms with van der Waals surface area (Å²) in [7, 11) is 0. The normalized spacial score (nSPS) is 15.2. The molecule has 1 fully saturated rings. The summed E-state index contributed by atoms with van der Waals surface area (Å²) in [6.07, 6.45) is 5.43. The molecule has 1 aliphatic rings. The van der Waals surface area contributed by atoms with Crippen molar-refractivity contribution in [2.45, 2.75) is 57.4 Å². The van der Waals surface area contributed by atoms with E-state index in [1.165, 1.54) is 6.42 Å². The molecule has 7 nitrogen and oxygen atoms in total. The highest BCUT2D eigenvalue weighted by molar-refractivity contribution is 5.94. The van der Waals surface area contributed by atoms with E-state index in [1.54, 1.807) is 38.1 Å². The summed E-state index contributed by atoms with van der Waals surface area (Å²) in [5.41, 5.74) is 0.198. The quantitative estimate of drug-likeness (QED) is 0.625.